The van der Waals surface area contributed by atoms with Crippen molar-refractivity contribution in [2.24, 2.45) is 5.92 Å². The molecule has 2 unspecified atom stereocenters. The number of amides is 1. The second kappa shape index (κ2) is 10.1. The third-order valence-electron chi connectivity index (χ3n) is 5.56. The van der Waals surface area contributed by atoms with Crippen molar-refractivity contribution in [2.75, 3.05) is 19.7 Å². The zero-order valence-electron chi connectivity index (χ0n) is 16.9. The molecule has 1 amide bonds. The Balaban J connectivity index is 1.34. The second-order valence-electron chi connectivity index (χ2n) is 7.64. The second-order valence-corrected chi connectivity index (χ2v) is 8.48. The van der Waals surface area contributed by atoms with Gasteiger partial charge in [0, 0.05) is 28.7 Å². The van der Waals surface area contributed by atoms with Crippen LogP contribution in [0.2, 0.25) is 10.0 Å². The number of benzene rings is 2. The number of aromatic nitrogens is 4. The minimum absolute atomic E-state index is 0.0434. The predicted octanol–water partition coefficient (Wildman–Crippen LogP) is 4.66. The van der Waals surface area contributed by atoms with E-state index in [4.69, 9.17) is 27.9 Å². The highest BCUT2D eigenvalue weighted by molar-refractivity contribution is 6.35. The Labute approximate surface area is 190 Å². The molecule has 2 heterocycles. The highest BCUT2D eigenvalue weighted by Crippen LogP contribution is 2.29. The van der Waals surface area contributed by atoms with Gasteiger partial charge in [-0.15, -0.1) is 10.2 Å². The Bertz CT molecular complexity index is 1000. The van der Waals surface area contributed by atoms with E-state index in [1.54, 1.807) is 23.1 Å². The highest BCUT2D eigenvalue weighted by Gasteiger charge is 2.29. The molecule has 162 valence electrons. The largest absolute Gasteiger partial charge is 0.447 e. The number of nitrogens with zero attached hydrogens (tertiary/aromatic N) is 5. The molecule has 0 aliphatic carbocycles. The molecule has 0 radical (unpaired) electrons. The Morgan fingerprint density at radius 1 is 1.19 bits per heavy atom. The lowest BCUT2D eigenvalue weighted by atomic mass is 9.99. The fourth-order valence-electron chi connectivity index (χ4n) is 3.86. The molecule has 9 heteroatoms. The first-order valence-electron chi connectivity index (χ1n) is 10.2. The topological polar surface area (TPSA) is 73.1 Å². The lowest BCUT2D eigenvalue weighted by Crippen LogP contribution is -2.32. The summed E-state index contributed by atoms with van der Waals surface area (Å²) in [5.74, 6) is 0.478. The van der Waals surface area contributed by atoms with Crippen molar-refractivity contribution in [2.45, 2.75) is 25.3 Å². The van der Waals surface area contributed by atoms with Crippen LogP contribution in [0.4, 0.5) is 4.79 Å². The number of hydrogen-bond donors (Lipinski definition) is 0. The summed E-state index contributed by atoms with van der Waals surface area (Å²) in [5.41, 5.74) is 2.03. The van der Waals surface area contributed by atoms with Crippen LogP contribution in [0.25, 0.3) is 0 Å². The fraction of sp³-hybridized carbons (Fsp3) is 0.364. The molecule has 0 spiro atoms. The molecule has 1 aliphatic heterocycles. The number of halogens is 2. The van der Waals surface area contributed by atoms with Gasteiger partial charge in [0.2, 0.25) is 0 Å². The van der Waals surface area contributed by atoms with Gasteiger partial charge in [-0.25, -0.2) is 4.79 Å². The maximum atomic E-state index is 12.7. The summed E-state index contributed by atoms with van der Waals surface area (Å²) in [6.45, 7) is 1.45. The summed E-state index contributed by atoms with van der Waals surface area (Å²) >= 11 is 12.4. The molecule has 0 saturated carbocycles. The van der Waals surface area contributed by atoms with Crippen LogP contribution in [0.3, 0.4) is 0 Å². The molecule has 1 fully saturated rings. The van der Waals surface area contributed by atoms with E-state index in [1.165, 1.54) is 16.7 Å². The number of ether oxygens (including phenoxy) is 1. The predicted molar refractivity (Wildman–Crippen MR) is 118 cm³/mol. The van der Waals surface area contributed by atoms with Crippen molar-refractivity contribution in [1.82, 2.24) is 25.1 Å². The number of carbonyl (C=O) groups excluding carboxylic acids is 1. The number of tetrazole rings is 1. The number of rotatable bonds is 7. The number of aryl methyl sites for hydroxylation is 1. The lowest BCUT2D eigenvalue weighted by molar-refractivity contribution is 0.0961. The van der Waals surface area contributed by atoms with Gasteiger partial charge in [-0.3, -0.25) is 0 Å². The summed E-state index contributed by atoms with van der Waals surface area (Å²) in [5, 5.41) is 12.8. The minimum atomic E-state index is -0.493. The third kappa shape index (κ3) is 5.54. The molecule has 0 N–H and O–H groups in total. The van der Waals surface area contributed by atoms with Crippen molar-refractivity contribution in [1.29, 1.82) is 0 Å². The first-order valence-corrected chi connectivity index (χ1v) is 11.0. The van der Waals surface area contributed by atoms with Gasteiger partial charge >= 0.3 is 6.09 Å². The maximum Gasteiger partial charge on any atom is 0.409 e. The Morgan fingerprint density at radius 2 is 2.03 bits per heavy atom. The first kappa shape index (κ1) is 21.6. The van der Waals surface area contributed by atoms with Gasteiger partial charge in [-0.1, -0.05) is 59.6 Å². The maximum absolute atomic E-state index is 12.7. The van der Waals surface area contributed by atoms with Gasteiger partial charge in [0.05, 0.1) is 0 Å². The zero-order valence-corrected chi connectivity index (χ0v) is 18.4. The molecule has 0 bridgehead atoms. The third-order valence-corrected chi connectivity index (χ3v) is 6.12. The van der Waals surface area contributed by atoms with Crippen molar-refractivity contribution in [3.05, 3.63) is 76.0 Å². The molecule has 2 aromatic carbocycles. The summed E-state index contributed by atoms with van der Waals surface area (Å²) < 4.78 is 5.63. The average molecular weight is 460 g/mol. The van der Waals surface area contributed by atoms with Gasteiger partial charge < -0.3 is 9.64 Å². The van der Waals surface area contributed by atoms with Crippen LogP contribution in [-0.2, 0) is 11.2 Å². The van der Waals surface area contributed by atoms with Gasteiger partial charge in [0.15, 0.2) is 6.33 Å². The molecular formula is C22H23Cl2N5O2. The van der Waals surface area contributed by atoms with E-state index in [0.717, 1.165) is 19.3 Å². The highest BCUT2D eigenvalue weighted by atomic mass is 35.5. The van der Waals surface area contributed by atoms with Crippen LogP contribution >= 0.6 is 23.2 Å². The standard InChI is InChI=1S/C22H23Cl2N5O2/c23-18-8-9-19(20(24)12-18)21(29-26-15-25-27-29)14-31-22(30)28-11-10-17(13-28)7-6-16-4-2-1-3-5-16/h1-5,8-9,12,15,17,21H,6-7,10-11,13-14H2. The summed E-state index contributed by atoms with van der Waals surface area (Å²) in [4.78, 5) is 15.8. The normalized spacial score (nSPS) is 17.0. The van der Waals surface area contributed by atoms with Gasteiger partial charge in [0.25, 0.3) is 0 Å². The number of carbonyl (C=O) groups is 1. The van der Waals surface area contributed by atoms with Crippen LogP contribution in [0, 0.1) is 5.92 Å². The summed E-state index contributed by atoms with van der Waals surface area (Å²) in [7, 11) is 0. The Morgan fingerprint density at radius 3 is 2.77 bits per heavy atom. The van der Waals surface area contributed by atoms with E-state index in [0.29, 0.717) is 34.6 Å². The molecule has 31 heavy (non-hydrogen) atoms. The lowest BCUT2D eigenvalue weighted by Gasteiger charge is -2.21. The van der Waals surface area contributed by atoms with E-state index in [-0.39, 0.29) is 12.7 Å². The van der Waals surface area contributed by atoms with Gasteiger partial charge in [0.1, 0.15) is 12.6 Å². The molecule has 4 rings (SSSR count). The van der Waals surface area contributed by atoms with E-state index < -0.39 is 6.04 Å². The molecule has 1 aromatic heterocycles. The van der Waals surface area contributed by atoms with E-state index in [2.05, 4.69) is 39.7 Å². The minimum Gasteiger partial charge on any atom is -0.447 e. The van der Waals surface area contributed by atoms with Gasteiger partial charge in [-0.05, 0) is 48.1 Å². The zero-order chi connectivity index (χ0) is 21.6. The number of likely N-dealkylation sites (tertiary alicyclic amines) is 1. The molecule has 7 nitrogen and oxygen atoms in total. The van der Waals surface area contributed by atoms with E-state index >= 15 is 0 Å². The molecule has 2 atom stereocenters. The van der Waals surface area contributed by atoms with Crippen LogP contribution < -0.4 is 0 Å². The van der Waals surface area contributed by atoms with Crippen LogP contribution in [0.15, 0.2) is 54.9 Å². The van der Waals surface area contributed by atoms with Gasteiger partial charge in [-0.2, -0.15) is 4.80 Å². The SMILES string of the molecule is O=C(OCC(c1ccc(Cl)cc1Cl)n1ncnn1)N1CCC(CCc2ccccc2)C1. The number of hydrogen-bond acceptors (Lipinski definition) is 5. The van der Waals surface area contributed by atoms with Crippen molar-refractivity contribution in [3.63, 3.8) is 0 Å². The quantitative estimate of drug-likeness (QED) is 0.513. The van der Waals surface area contributed by atoms with E-state index in [9.17, 15) is 4.79 Å². The van der Waals surface area contributed by atoms with Crippen molar-refractivity contribution >= 4 is 29.3 Å². The van der Waals surface area contributed by atoms with Crippen LogP contribution in [-0.4, -0.2) is 50.9 Å². The van der Waals surface area contributed by atoms with Crippen LogP contribution in [0.5, 0.6) is 0 Å². The Kier molecular flexibility index (Phi) is 7.04. The molecule has 1 saturated heterocycles. The smallest absolute Gasteiger partial charge is 0.409 e. The average Bonchev–Trinajstić information content (AvgIpc) is 3.47. The summed E-state index contributed by atoms with van der Waals surface area (Å²) in [6, 6.07) is 15.1. The van der Waals surface area contributed by atoms with Crippen molar-refractivity contribution in [3.8, 4) is 0 Å². The molecular weight excluding hydrogens is 437 g/mol. The van der Waals surface area contributed by atoms with E-state index in [1.807, 2.05) is 6.07 Å². The molecule has 1 aliphatic rings. The first-order chi connectivity index (χ1) is 15.1. The summed E-state index contributed by atoms with van der Waals surface area (Å²) in [6.07, 6.45) is 4.05. The van der Waals surface area contributed by atoms with Crippen molar-refractivity contribution < 1.29 is 9.53 Å². The van der Waals surface area contributed by atoms with Crippen LogP contribution in [0.1, 0.15) is 30.0 Å². The Hall–Kier alpha value is -2.64. The monoisotopic (exact) mass is 459 g/mol. The molecule has 3 aromatic rings. The fourth-order valence-corrected chi connectivity index (χ4v) is 4.40.